The second-order valence-electron chi connectivity index (χ2n) is 4.70. The summed E-state index contributed by atoms with van der Waals surface area (Å²) in [4.78, 5) is 15.8. The highest BCUT2D eigenvalue weighted by Crippen LogP contribution is 2.26. The minimum Gasteiger partial charge on any atom is -0.465 e. The molecule has 1 atom stereocenters. The monoisotopic (exact) mass is 332 g/mol. The van der Waals surface area contributed by atoms with Crippen molar-refractivity contribution in [2.45, 2.75) is 37.1 Å². The lowest BCUT2D eigenvalue weighted by Crippen LogP contribution is -2.48. The second-order valence-corrected chi connectivity index (χ2v) is 6.97. The number of nitrogens with zero attached hydrogens (tertiary/aromatic N) is 2. The molecule has 1 saturated heterocycles. The van der Waals surface area contributed by atoms with Crippen LogP contribution in [0.15, 0.2) is 23.2 Å². The number of carbonyl (C=O) groups excluding carboxylic acids is 1. The van der Waals surface area contributed by atoms with E-state index in [1.54, 1.807) is 6.92 Å². The van der Waals surface area contributed by atoms with Gasteiger partial charge in [0.05, 0.1) is 6.61 Å². The topological polar surface area (TPSA) is 76.6 Å². The molecule has 0 bridgehead atoms. The highest BCUT2D eigenvalue weighted by atomic mass is 35.5. The van der Waals surface area contributed by atoms with E-state index in [-0.39, 0.29) is 16.7 Å². The molecule has 0 saturated carbocycles. The predicted molar refractivity (Wildman–Crippen MR) is 77.4 cm³/mol. The number of halogens is 1. The Morgan fingerprint density at radius 2 is 2.24 bits per heavy atom. The van der Waals surface area contributed by atoms with E-state index < -0.39 is 22.0 Å². The Labute approximate surface area is 129 Å². The first kappa shape index (κ1) is 16.2. The van der Waals surface area contributed by atoms with Gasteiger partial charge in [0.2, 0.25) is 10.0 Å². The fourth-order valence-corrected chi connectivity index (χ4v) is 4.02. The fourth-order valence-electron chi connectivity index (χ4n) is 2.32. The van der Waals surface area contributed by atoms with Gasteiger partial charge in [-0.15, -0.1) is 0 Å². The summed E-state index contributed by atoms with van der Waals surface area (Å²) < 4.78 is 31.5. The van der Waals surface area contributed by atoms with Gasteiger partial charge in [-0.05, 0) is 38.3 Å². The van der Waals surface area contributed by atoms with Gasteiger partial charge >= 0.3 is 5.97 Å². The van der Waals surface area contributed by atoms with Gasteiger partial charge < -0.3 is 4.74 Å². The van der Waals surface area contributed by atoms with Gasteiger partial charge in [-0.2, -0.15) is 4.31 Å². The van der Waals surface area contributed by atoms with Gasteiger partial charge in [-0.3, -0.25) is 4.79 Å². The number of ether oxygens (including phenoxy) is 1. The van der Waals surface area contributed by atoms with Crippen LogP contribution in [0.4, 0.5) is 0 Å². The molecule has 6 nitrogen and oxygen atoms in total. The van der Waals surface area contributed by atoms with Crippen molar-refractivity contribution in [1.29, 1.82) is 0 Å². The molecule has 0 amide bonds. The van der Waals surface area contributed by atoms with E-state index in [0.29, 0.717) is 13.0 Å². The predicted octanol–water partition coefficient (Wildman–Crippen LogP) is 1.84. The number of esters is 1. The zero-order valence-electron chi connectivity index (χ0n) is 11.7. The third-order valence-corrected chi connectivity index (χ3v) is 5.43. The Kier molecular flexibility index (Phi) is 5.18. The minimum atomic E-state index is -3.78. The summed E-state index contributed by atoms with van der Waals surface area (Å²) in [5.74, 6) is -0.498. The van der Waals surface area contributed by atoms with Gasteiger partial charge in [0.1, 0.15) is 16.1 Å². The molecule has 116 valence electrons. The van der Waals surface area contributed by atoms with E-state index in [1.807, 2.05) is 0 Å². The van der Waals surface area contributed by atoms with Crippen molar-refractivity contribution in [1.82, 2.24) is 9.29 Å². The number of hydrogen-bond acceptors (Lipinski definition) is 5. The third kappa shape index (κ3) is 3.53. The lowest BCUT2D eigenvalue weighted by molar-refractivity contribution is -0.148. The van der Waals surface area contributed by atoms with Crippen LogP contribution >= 0.6 is 11.6 Å². The molecule has 1 aromatic heterocycles. The van der Waals surface area contributed by atoms with Crippen molar-refractivity contribution >= 4 is 27.6 Å². The molecule has 21 heavy (non-hydrogen) atoms. The molecule has 1 unspecified atom stereocenters. The lowest BCUT2D eigenvalue weighted by atomic mass is 10.1. The number of hydrogen-bond donors (Lipinski definition) is 0. The van der Waals surface area contributed by atoms with Gasteiger partial charge in [0, 0.05) is 12.7 Å². The zero-order valence-corrected chi connectivity index (χ0v) is 13.2. The van der Waals surface area contributed by atoms with Crippen molar-refractivity contribution in [3.05, 3.63) is 23.5 Å². The summed E-state index contributed by atoms with van der Waals surface area (Å²) >= 11 is 5.67. The zero-order chi connectivity index (χ0) is 15.5. The number of sulfonamides is 1. The Morgan fingerprint density at radius 3 is 2.86 bits per heavy atom. The minimum absolute atomic E-state index is 0.0306. The molecule has 0 radical (unpaired) electrons. The van der Waals surface area contributed by atoms with Crippen LogP contribution in [0.25, 0.3) is 0 Å². The largest absolute Gasteiger partial charge is 0.465 e. The van der Waals surface area contributed by atoms with Gasteiger partial charge in [0.15, 0.2) is 0 Å². The van der Waals surface area contributed by atoms with Gasteiger partial charge in [-0.1, -0.05) is 11.6 Å². The number of pyridine rings is 1. The van der Waals surface area contributed by atoms with E-state index in [4.69, 9.17) is 16.3 Å². The maximum absolute atomic E-state index is 12.7. The summed E-state index contributed by atoms with van der Waals surface area (Å²) in [6.07, 6.45) is 3.19. The SMILES string of the molecule is CCOC(=O)C1CCCCN1S(=O)(=O)c1ccc(Cl)nc1. The second kappa shape index (κ2) is 6.72. The Morgan fingerprint density at radius 1 is 1.48 bits per heavy atom. The highest BCUT2D eigenvalue weighted by Gasteiger charge is 2.38. The van der Waals surface area contributed by atoms with E-state index in [2.05, 4.69) is 4.98 Å². The summed E-state index contributed by atoms with van der Waals surface area (Å²) in [6, 6.07) is 2.04. The molecule has 2 rings (SSSR count). The van der Waals surface area contributed by atoms with Gasteiger partial charge in [0.25, 0.3) is 0 Å². The van der Waals surface area contributed by atoms with Crippen LogP contribution < -0.4 is 0 Å². The molecule has 1 aromatic rings. The average Bonchev–Trinajstić information content (AvgIpc) is 2.48. The molecule has 1 aliphatic rings. The smallest absolute Gasteiger partial charge is 0.324 e. The van der Waals surface area contributed by atoms with Crippen molar-refractivity contribution in [2.75, 3.05) is 13.2 Å². The molecule has 2 heterocycles. The normalized spacial score (nSPS) is 20.2. The van der Waals surface area contributed by atoms with E-state index in [1.165, 1.54) is 22.6 Å². The summed E-state index contributed by atoms with van der Waals surface area (Å²) in [7, 11) is -3.78. The number of aromatic nitrogens is 1. The van der Waals surface area contributed by atoms with Crippen LogP contribution in [0.1, 0.15) is 26.2 Å². The summed E-state index contributed by atoms with van der Waals surface area (Å²) in [5.41, 5.74) is 0. The van der Waals surface area contributed by atoms with Crippen LogP contribution in [-0.2, 0) is 19.6 Å². The molecule has 1 fully saturated rings. The first-order valence-electron chi connectivity index (χ1n) is 6.77. The van der Waals surface area contributed by atoms with E-state index in [9.17, 15) is 13.2 Å². The van der Waals surface area contributed by atoms with Crippen LogP contribution in [0, 0.1) is 0 Å². The molecular weight excluding hydrogens is 316 g/mol. The average molecular weight is 333 g/mol. The molecule has 8 heteroatoms. The van der Waals surface area contributed by atoms with Crippen molar-refractivity contribution < 1.29 is 17.9 Å². The summed E-state index contributed by atoms with van der Waals surface area (Å²) in [6.45, 7) is 2.23. The molecule has 0 aromatic carbocycles. The third-order valence-electron chi connectivity index (χ3n) is 3.32. The first-order chi connectivity index (χ1) is 9.96. The molecule has 0 N–H and O–H groups in total. The number of rotatable bonds is 4. The highest BCUT2D eigenvalue weighted by molar-refractivity contribution is 7.89. The maximum atomic E-state index is 12.7. The van der Waals surface area contributed by atoms with Crippen molar-refractivity contribution in [3.8, 4) is 0 Å². The lowest BCUT2D eigenvalue weighted by Gasteiger charge is -2.32. The Hall–Kier alpha value is -1.18. The van der Waals surface area contributed by atoms with E-state index >= 15 is 0 Å². The quantitative estimate of drug-likeness (QED) is 0.621. The van der Waals surface area contributed by atoms with E-state index in [0.717, 1.165) is 12.8 Å². The Bertz CT molecular complexity index is 603. The van der Waals surface area contributed by atoms with Crippen LogP contribution in [-0.4, -0.2) is 42.9 Å². The maximum Gasteiger partial charge on any atom is 0.324 e. The van der Waals surface area contributed by atoms with Crippen LogP contribution in [0.2, 0.25) is 5.15 Å². The van der Waals surface area contributed by atoms with Crippen molar-refractivity contribution in [3.63, 3.8) is 0 Å². The Balaban J connectivity index is 2.31. The van der Waals surface area contributed by atoms with Crippen molar-refractivity contribution in [2.24, 2.45) is 0 Å². The molecule has 0 aliphatic carbocycles. The molecule has 0 spiro atoms. The van der Waals surface area contributed by atoms with Crippen LogP contribution in [0.3, 0.4) is 0 Å². The fraction of sp³-hybridized carbons (Fsp3) is 0.538. The summed E-state index contributed by atoms with van der Waals surface area (Å²) in [5, 5.41) is 0.217. The number of carbonyl (C=O) groups is 1. The number of piperidine rings is 1. The van der Waals surface area contributed by atoms with Crippen LogP contribution in [0.5, 0.6) is 0 Å². The molecular formula is C13H17ClN2O4S. The van der Waals surface area contributed by atoms with Gasteiger partial charge in [-0.25, -0.2) is 13.4 Å². The first-order valence-corrected chi connectivity index (χ1v) is 8.58. The molecule has 1 aliphatic heterocycles. The standard InChI is InChI=1S/C13H17ClN2O4S/c1-2-20-13(17)11-5-3-4-8-16(11)21(18,19)10-6-7-12(14)15-9-10/h6-7,9,11H,2-5,8H2,1H3.